The number of nitrogens with zero attached hydrogens (tertiary/aromatic N) is 3. The summed E-state index contributed by atoms with van der Waals surface area (Å²) in [5, 5.41) is 5.93. The Bertz CT molecular complexity index is 2040. The van der Waals surface area contributed by atoms with Crippen LogP contribution in [0.25, 0.3) is 21.1 Å². The van der Waals surface area contributed by atoms with Crippen molar-refractivity contribution in [3.05, 3.63) is 41.9 Å². The summed E-state index contributed by atoms with van der Waals surface area (Å²) in [7, 11) is -3.88. The molecule has 7 rings (SSSR count). The van der Waals surface area contributed by atoms with Gasteiger partial charge < -0.3 is 25.0 Å². The van der Waals surface area contributed by atoms with Crippen molar-refractivity contribution in [2.45, 2.75) is 113 Å². The topological polar surface area (TPSA) is 186 Å². The van der Waals surface area contributed by atoms with Crippen molar-refractivity contribution in [1.82, 2.24) is 30.2 Å². The van der Waals surface area contributed by atoms with E-state index >= 15 is 0 Å². The average molecular weight is 753 g/mol. The Morgan fingerprint density at radius 2 is 1.88 bits per heavy atom. The number of fused-ring (bicyclic) bond motifs is 5. The summed E-state index contributed by atoms with van der Waals surface area (Å²) in [5.74, 6) is -2.04. The summed E-state index contributed by atoms with van der Waals surface area (Å²) in [5.41, 5.74) is 0.686. The molecule has 0 bridgehead atoms. The van der Waals surface area contributed by atoms with E-state index in [-0.39, 0.29) is 25.3 Å². The molecule has 16 heteroatoms. The van der Waals surface area contributed by atoms with Crippen molar-refractivity contribution in [3.63, 3.8) is 0 Å². The quantitative estimate of drug-likeness (QED) is 0.310. The molecule has 2 aromatic heterocycles. The number of benzene rings is 1. The van der Waals surface area contributed by atoms with E-state index in [1.165, 1.54) is 16.2 Å². The highest BCUT2D eigenvalue weighted by Crippen LogP contribution is 2.46. The molecule has 0 unspecified atom stereocenters. The van der Waals surface area contributed by atoms with Gasteiger partial charge >= 0.3 is 6.09 Å². The monoisotopic (exact) mass is 752 g/mol. The second-order valence-corrected chi connectivity index (χ2v) is 18.0. The number of hydrogen-bond acceptors (Lipinski definition) is 11. The molecule has 278 valence electrons. The predicted octanol–water partition coefficient (Wildman–Crippen LogP) is 4.09. The lowest BCUT2D eigenvalue weighted by Gasteiger charge is -2.30. The van der Waals surface area contributed by atoms with Gasteiger partial charge in [0, 0.05) is 17.7 Å². The average Bonchev–Trinajstić information content (AvgIpc) is 3.95. The zero-order valence-electron chi connectivity index (χ0n) is 29.4. The van der Waals surface area contributed by atoms with E-state index in [1.54, 1.807) is 26.3 Å². The molecule has 0 radical (unpaired) electrons. The minimum atomic E-state index is -3.88. The summed E-state index contributed by atoms with van der Waals surface area (Å²) < 4.78 is 40.7. The van der Waals surface area contributed by atoms with Crippen LogP contribution in [0.5, 0.6) is 5.88 Å². The first-order valence-corrected chi connectivity index (χ1v) is 20.3. The van der Waals surface area contributed by atoms with Crippen molar-refractivity contribution in [3.8, 4) is 5.88 Å². The van der Waals surface area contributed by atoms with Crippen LogP contribution in [0.1, 0.15) is 78.6 Å². The van der Waals surface area contributed by atoms with Crippen LogP contribution in [-0.2, 0) is 29.1 Å². The van der Waals surface area contributed by atoms with Gasteiger partial charge in [0.15, 0.2) is 0 Å². The second-order valence-electron chi connectivity index (χ2n) is 15.2. The molecule has 2 aliphatic heterocycles. The minimum Gasteiger partial charge on any atom is -0.471 e. The van der Waals surface area contributed by atoms with E-state index in [0.29, 0.717) is 43.1 Å². The van der Waals surface area contributed by atoms with Gasteiger partial charge in [-0.25, -0.2) is 23.2 Å². The molecule has 4 amide bonds. The molecular weight excluding hydrogens is 709 g/mol. The fourth-order valence-electron chi connectivity index (χ4n) is 7.05. The molecule has 2 saturated carbocycles. The molecule has 14 nitrogen and oxygen atoms in total. The molecule has 0 spiro atoms. The van der Waals surface area contributed by atoms with Crippen LogP contribution in [-0.4, -0.2) is 88.2 Å². The highest BCUT2D eigenvalue weighted by Gasteiger charge is 2.62. The number of ether oxygens (including phenoxy) is 2. The van der Waals surface area contributed by atoms with Crippen molar-refractivity contribution >= 4 is 66.3 Å². The van der Waals surface area contributed by atoms with Gasteiger partial charge in [0.1, 0.15) is 34.8 Å². The Kier molecular flexibility index (Phi) is 9.65. The molecule has 2 aliphatic carbocycles. The van der Waals surface area contributed by atoms with Crippen LogP contribution in [0.2, 0.25) is 0 Å². The zero-order valence-corrected chi connectivity index (χ0v) is 31.1. The van der Waals surface area contributed by atoms with E-state index in [1.807, 2.05) is 36.4 Å². The number of alkyl carbamates (subject to hydrolysis) is 1. The molecule has 4 aliphatic rings. The fourth-order valence-corrected chi connectivity index (χ4v) is 9.23. The summed E-state index contributed by atoms with van der Waals surface area (Å²) >= 11 is 1.46. The lowest BCUT2D eigenvalue weighted by atomic mass is 10.0. The second kappa shape index (κ2) is 13.9. The summed E-state index contributed by atoms with van der Waals surface area (Å²) in [6.07, 6.45) is 6.79. The number of aromatic nitrogens is 2. The third kappa shape index (κ3) is 7.58. The summed E-state index contributed by atoms with van der Waals surface area (Å²) in [4.78, 5) is 66.1. The van der Waals surface area contributed by atoms with Crippen LogP contribution < -0.4 is 20.1 Å². The number of carbonyl (C=O) groups is 4. The van der Waals surface area contributed by atoms with Crippen LogP contribution in [0.3, 0.4) is 0 Å². The molecule has 3 fully saturated rings. The van der Waals surface area contributed by atoms with Crippen molar-refractivity contribution in [1.29, 1.82) is 0 Å². The molecule has 3 aromatic rings. The lowest BCUT2D eigenvalue weighted by Crippen LogP contribution is -2.58. The van der Waals surface area contributed by atoms with Crippen LogP contribution in [0.4, 0.5) is 4.79 Å². The number of hydrogen-bond donors (Lipinski definition) is 3. The molecule has 4 heterocycles. The number of thiazole rings is 1. The number of amides is 4. The Hall–Kier alpha value is -4.31. The molecule has 5 atom stereocenters. The van der Waals surface area contributed by atoms with Gasteiger partial charge in [-0.1, -0.05) is 43.2 Å². The summed E-state index contributed by atoms with van der Waals surface area (Å²) in [6, 6.07) is 5.53. The number of rotatable bonds is 6. The maximum absolute atomic E-state index is 14.5. The Morgan fingerprint density at radius 1 is 1.10 bits per heavy atom. The molecule has 1 saturated heterocycles. The Morgan fingerprint density at radius 3 is 2.65 bits per heavy atom. The first kappa shape index (κ1) is 36.1. The molecule has 52 heavy (non-hydrogen) atoms. The number of pyridine rings is 1. The normalized spacial score (nSPS) is 27.8. The Labute approximate surface area is 306 Å². The fraction of sp³-hybridized carbons (Fsp3) is 0.556. The number of para-hydroxylation sites is 1. The van der Waals surface area contributed by atoms with Gasteiger partial charge in [-0.3, -0.25) is 19.1 Å². The number of sulfonamides is 1. The lowest BCUT2D eigenvalue weighted by molar-refractivity contribution is -0.141. The largest absolute Gasteiger partial charge is 0.471 e. The zero-order chi connectivity index (χ0) is 36.8. The first-order chi connectivity index (χ1) is 24.7. The van der Waals surface area contributed by atoms with Gasteiger partial charge in [-0.05, 0) is 65.4 Å². The number of carbonyl (C=O) groups excluding carboxylic acids is 4. The van der Waals surface area contributed by atoms with Gasteiger partial charge in [-0.2, -0.15) is 0 Å². The smallest absolute Gasteiger partial charge is 0.408 e. The van der Waals surface area contributed by atoms with Gasteiger partial charge in [0.25, 0.3) is 5.91 Å². The van der Waals surface area contributed by atoms with E-state index < -0.39 is 74.3 Å². The standard InChI is InChI=1S/C36H44N6O8S2/c1-35(2,3)50-34(46)39-26-14-8-6-4-5-7-11-21-18-36(21,33(45)41-52(47,48)23-15-16-23)40-30(43)27-17-22(19-42(27)32(26)44)49-31-28-29(51-20-37-28)24-12-9-10-13-25(24)38-31/h7,9-13,20-23,26-27H,4-6,8,14-19H2,1-3H3,(H,39,46)(H,40,43)(H,41,45)/b11-7-/t21-,22-,26+,27+,36-/m1/s1. The van der Waals surface area contributed by atoms with E-state index in [4.69, 9.17) is 14.5 Å². The predicted molar refractivity (Wildman–Crippen MR) is 194 cm³/mol. The minimum absolute atomic E-state index is 0.0118. The van der Waals surface area contributed by atoms with E-state index in [9.17, 15) is 27.6 Å². The molecule has 1 aromatic carbocycles. The van der Waals surface area contributed by atoms with Crippen LogP contribution in [0, 0.1) is 5.92 Å². The summed E-state index contributed by atoms with van der Waals surface area (Å²) in [6.45, 7) is 5.18. The van der Waals surface area contributed by atoms with Crippen LogP contribution >= 0.6 is 11.3 Å². The highest BCUT2D eigenvalue weighted by atomic mass is 32.2. The van der Waals surface area contributed by atoms with Gasteiger partial charge in [0.05, 0.1) is 27.5 Å². The first-order valence-electron chi connectivity index (χ1n) is 17.9. The van der Waals surface area contributed by atoms with Crippen LogP contribution in [0.15, 0.2) is 41.9 Å². The third-order valence-corrected chi connectivity index (χ3v) is 12.6. The van der Waals surface area contributed by atoms with E-state index in [2.05, 4.69) is 20.3 Å². The number of allylic oxidation sites excluding steroid dienone is 1. The Balaban J connectivity index is 1.20. The van der Waals surface area contributed by atoms with E-state index in [0.717, 1.165) is 22.9 Å². The molecular formula is C36H44N6O8S2. The third-order valence-electron chi connectivity index (χ3n) is 9.95. The maximum Gasteiger partial charge on any atom is 0.408 e. The van der Waals surface area contributed by atoms with Crippen molar-refractivity contribution in [2.75, 3.05) is 6.54 Å². The van der Waals surface area contributed by atoms with Gasteiger partial charge in [-0.15, -0.1) is 11.3 Å². The SMILES string of the molecule is CC(C)(C)OC(=O)N[C@H]1CCCCC/C=C\[C@@H]2C[C@@]2(C(=O)NS(=O)(=O)C2CC2)NC(=O)[C@@H]2C[C@@H](Oc3nc4ccccc4c4scnc34)CN2C1=O. The van der Waals surface area contributed by atoms with Gasteiger partial charge in [0.2, 0.25) is 27.7 Å². The van der Waals surface area contributed by atoms with Crippen molar-refractivity contribution < 1.29 is 37.1 Å². The molecule has 3 N–H and O–H groups in total. The maximum atomic E-state index is 14.5. The number of nitrogens with one attached hydrogen (secondary N) is 3. The van der Waals surface area contributed by atoms with Crippen molar-refractivity contribution in [2.24, 2.45) is 5.92 Å². The highest BCUT2D eigenvalue weighted by molar-refractivity contribution is 7.91.